The van der Waals surface area contributed by atoms with Crippen LogP contribution in [0.5, 0.6) is 5.75 Å². The molecule has 3 aromatic rings. The van der Waals surface area contributed by atoms with Crippen LogP contribution in [0.2, 0.25) is 0 Å². The average molecular weight is 402 g/mol. The Kier molecular flexibility index (Phi) is 4.21. The molecule has 2 amide bonds. The summed E-state index contributed by atoms with van der Waals surface area (Å²) in [6.45, 7) is 0.669. The zero-order valence-corrected chi connectivity index (χ0v) is 16.6. The number of benzene rings is 2. The summed E-state index contributed by atoms with van der Waals surface area (Å²) >= 11 is 1.46. The lowest BCUT2D eigenvalue weighted by molar-refractivity contribution is -0.120. The van der Waals surface area contributed by atoms with Crippen molar-refractivity contribution in [3.8, 4) is 5.75 Å². The Morgan fingerprint density at radius 2 is 1.66 bits per heavy atom. The third-order valence-corrected chi connectivity index (χ3v) is 6.20. The number of ether oxygens (including phenoxy) is 1. The average Bonchev–Trinajstić information content (AvgIpc) is 3.46. The number of hydrogen-bond acceptors (Lipinski definition) is 5. The Bertz CT molecular complexity index is 1150. The van der Waals surface area contributed by atoms with Gasteiger partial charge in [0.1, 0.15) is 11.4 Å². The molecule has 0 fully saturated rings. The van der Waals surface area contributed by atoms with Crippen molar-refractivity contribution in [2.24, 2.45) is 0 Å². The standard InChI is InChI=1S/C23H18N2O3S/c1-28-18-10-5-4-9-17(18)25-22(26)20(19-11-6-14-29-19)21(23(25)27)24-13-12-15-7-2-3-8-16(15)24/h2-11,14H,12-13H2,1H3. The number of nitrogens with zero attached hydrogens (tertiary/aromatic N) is 2. The third kappa shape index (κ3) is 2.68. The summed E-state index contributed by atoms with van der Waals surface area (Å²) in [6.07, 6.45) is 0.841. The van der Waals surface area contributed by atoms with Gasteiger partial charge in [0.25, 0.3) is 11.8 Å². The first-order valence-corrected chi connectivity index (χ1v) is 10.2. The van der Waals surface area contributed by atoms with Crippen LogP contribution in [0.3, 0.4) is 0 Å². The number of thiophene rings is 1. The molecule has 1 aromatic heterocycles. The van der Waals surface area contributed by atoms with E-state index < -0.39 is 0 Å². The van der Waals surface area contributed by atoms with Crippen LogP contribution in [0.1, 0.15) is 10.4 Å². The number of carbonyl (C=O) groups is 2. The Morgan fingerprint density at radius 1 is 0.897 bits per heavy atom. The molecule has 0 saturated carbocycles. The topological polar surface area (TPSA) is 49.9 Å². The summed E-state index contributed by atoms with van der Waals surface area (Å²) in [6, 6.07) is 18.9. The van der Waals surface area contributed by atoms with Crippen LogP contribution in [0.4, 0.5) is 11.4 Å². The van der Waals surface area contributed by atoms with Gasteiger partial charge >= 0.3 is 0 Å². The van der Waals surface area contributed by atoms with Crippen molar-refractivity contribution in [1.82, 2.24) is 0 Å². The second-order valence-corrected chi connectivity index (χ2v) is 7.80. The molecule has 5 rings (SSSR count). The van der Waals surface area contributed by atoms with E-state index in [9.17, 15) is 9.59 Å². The molecule has 0 saturated heterocycles. The molecule has 0 spiro atoms. The molecule has 0 atom stereocenters. The Morgan fingerprint density at radius 3 is 2.41 bits per heavy atom. The normalized spacial score (nSPS) is 16.0. The number of imide groups is 1. The monoisotopic (exact) mass is 402 g/mol. The van der Waals surface area contributed by atoms with Crippen molar-refractivity contribution < 1.29 is 14.3 Å². The number of hydrogen-bond donors (Lipinski definition) is 0. The maximum atomic E-state index is 13.6. The minimum absolute atomic E-state index is 0.318. The van der Waals surface area contributed by atoms with E-state index in [4.69, 9.17) is 4.74 Å². The molecule has 0 radical (unpaired) electrons. The van der Waals surface area contributed by atoms with E-state index in [2.05, 4.69) is 6.07 Å². The van der Waals surface area contributed by atoms with Crippen molar-refractivity contribution >= 4 is 40.1 Å². The summed E-state index contributed by atoms with van der Waals surface area (Å²) in [5.74, 6) is -0.149. The lowest BCUT2D eigenvalue weighted by Crippen LogP contribution is -2.35. The lowest BCUT2D eigenvalue weighted by Gasteiger charge is -2.22. The van der Waals surface area contributed by atoms with Crippen molar-refractivity contribution in [1.29, 1.82) is 0 Å². The van der Waals surface area contributed by atoms with Crippen molar-refractivity contribution in [3.63, 3.8) is 0 Å². The maximum absolute atomic E-state index is 13.6. The van der Waals surface area contributed by atoms with Crippen molar-refractivity contribution in [3.05, 3.63) is 82.2 Å². The fraction of sp³-hybridized carbons (Fsp3) is 0.130. The van der Waals surface area contributed by atoms with E-state index in [1.54, 1.807) is 18.2 Å². The number of para-hydroxylation sites is 3. The Hall–Kier alpha value is -3.38. The molecule has 5 nitrogen and oxygen atoms in total. The van der Waals surface area contributed by atoms with E-state index in [0.717, 1.165) is 17.0 Å². The van der Waals surface area contributed by atoms with Crippen LogP contribution in [-0.4, -0.2) is 25.5 Å². The van der Waals surface area contributed by atoms with Crippen LogP contribution < -0.4 is 14.5 Å². The molecule has 0 N–H and O–H groups in total. The van der Waals surface area contributed by atoms with Crippen LogP contribution in [-0.2, 0) is 16.0 Å². The molecule has 0 bridgehead atoms. The number of methoxy groups -OCH3 is 1. The summed E-state index contributed by atoms with van der Waals surface area (Å²) in [5, 5.41) is 1.92. The van der Waals surface area contributed by atoms with Gasteiger partial charge in [0.2, 0.25) is 0 Å². The minimum Gasteiger partial charge on any atom is -0.495 e. The first-order valence-electron chi connectivity index (χ1n) is 9.36. The Labute approximate surface area is 172 Å². The van der Waals surface area contributed by atoms with Gasteiger partial charge in [-0.2, -0.15) is 0 Å². The molecule has 3 heterocycles. The van der Waals surface area contributed by atoms with Gasteiger partial charge in [-0.05, 0) is 41.6 Å². The highest BCUT2D eigenvalue weighted by Gasteiger charge is 2.45. The first kappa shape index (κ1) is 17.7. The summed E-state index contributed by atoms with van der Waals surface area (Å²) in [7, 11) is 1.54. The molecule has 2 aliphatic rings. The van der Waals surface area contributed by atoms with E-state index in [-0.39, 0.29) is 11.8 Å². The molecule has 0 unspecified atom stereocenters. The van der Waals surface area contributed by atoms with Gasteiger partial charge in [-0.1, -0.05) is 36.4 Å². The first-order chi connectivity index (χ1) is 14.2. The quantitative estimate of drug-likeness (QED) is 0.617. The predicted molar refractivity (Wildman–Crippen MR) is 114 cm³/mol. The molecular formula is C23H18N2O3S. The third-order valence-electron chi connectivity index (χ3n) is 5.31. The summed E-state index contributed by atoms with van der Waals surface area (Å²) in [4.78, 5) is 31.2. The summed E-state index contributed by atoms with van der Waals surface area (Å²) < 4.78 is 5.42. The molecule has 2 aliphatic heterocycles. The minimum atomic E-state index is -0.320. The van der Waals surface area contributed by atoms with E-state index in [0.29, 0.717) is 29.3 Å². The van der Waals surface area contributed by atoms with Crippen molar-refractivity contribution in [2.75, 3.05) is 23.5 Å². The molecule has 0 aliphatic carbocycles. The molecule has 2 aromatic carbocycles. The Balaban J connectivity index is 1.68. The fourth-order valence-corrected chi connectivity index (χ4v) is 4.78. The smallest absolute Gasteiger partial charge is 0.282 e. The van der Waals surface area contributed by atoms with Gasteiger partial charge in [-0.15, -0.1) is 11.3 Å². The van der Waals surface area contributed by atoms with Gasteiger partial charge in [-0.25, -0.2) is 4.90 Å². The van der Waals surface area contributed by atoms with Crippen LogP contribution in [0.25, 0.3) is 5.57 Å². The van der Waals surface area contributed by atoms with E-state index in [1.165, 1.54) is 28.9 Å². The number of carbonyl (C=O) groups excluding carboxylic acids is 2. The van der Waals surface area contributed by atoms with Gasteiger partial charge in [-0.3, -0.25) is 9.59 Å². The molecule has 29 heavy (non-hydrogen) atoms. The number of fused-ring (bicyclic) bond motifs is 1. The molecule has 6 heteroatoms. The number of anilines is 2. The lowest BCUT2D eigenvalue weighted by atomic mass is 10.1. The number of amides is 2. The SMILES string of the molecule is COc1ccccc1N1C(=O)C(c2cccs2)=C(N2CCc3ccccc32)C1=O. The maximum Gasteiger partial charge on any atom is 0.282 e. The predicted octanol–water partition coefficient (Wildman–Crippen LogP) is 4.10. The largest absolute Gasteiger partial charge is 0.495 e. The van der Waals surface area contributed by atoms with Gasteiger partial charge in [0.15, 0.2) is 0 Å². The van der Waals surface area contributed by atoms with Crippen LogP contribution in [0, 0.1) is 0 Å². The van der Waals surface area contributed by atoms with E-state index >= 15 is 0 Å². The van der Waals surface area contributed by atoms with Crippen molar-refractivity contribution in [2.45, 2.75) is 6.42 Å². The highest BCUT2D eigenvalue weighted by atomic mass is 32.1. The highest BCUT2D eigenvalue weighted by Crippen LogP contribution is 2.42. The summed E-state index contributed by atoms with van der Waals surface area (Å²) in [5.41, 5.74) is 3.52. The molecular weight excluding hydrogens is 384 g/mol. The van der Waals surface area contributed by atoms with Gasteiger partial charge in [0, 0.05) is 17.1 Å². The van der Waals surface area contributed by atoms with Crippen LogP contribution >= 0.6 is 11.3 Å². The number of rotatable bonds is 4. The fourth-order valence-electron chi connectivity index (χ4n) is 4.02. The second kappa shape index (κ2) is 6.90. The van der Waals surface area contributed by atoms with E-state index in [1.807, 2.05) is 46.7 Å². The van der Waals surface area contributed by atoms with Crippen LogP contribution in [0.15, 0.2) is 71.7 Å². The second-order valence-electron chi connectivity index (χ2n) is 6.85. The van der Waals surface area contributed by atoms with Gasteiger partial charge in [0.05, 0.1) is 18.4 Å². The molecule has 144 valence electrons. The van der Waals surface area contributed by atoms with Gasteiger partial charge < -0.3 is 9.64 Å². The zero-order valence-electron chi connectivity index (χ0n) is 15.8. The zero-order chi connectivity index (χ0) is 20.0. The highest BCUT2D eigenvalue weighted by molar-refractivity contribution is 7.11.